The lowest BCUT2D eigenvalue weighted by Crippen LogP contribution is -2.45. The Morgan fingerprint density at radius 1 is 1.28 bits per heavy atom. The molecule has 2 aliphatic heterocycles. The van der Waals surface area contributed by atoms with Gasteiger partial charge in [0.25, 0.3) is 0 Å². The van der Waals surface area contributed by atoms with Gasteiger partial charge in [0.05, 0.1) is 6.61 Å². The summed E-state index contributed by atoms with van der Waals surface area (Å²) >= 11 is 0. The van der Waals surface area contributed by atoms with Crippen molar-refractivity contribution >= 4 is 12.1 Å². The second kappa shape index (κ2) is 7.87. The Labute approximate surface area is 148 Å². The van der Waals surface area contributed by atoms with Crippen LogP contribution in [0.4, 0.5) is 4.79 Å². The third kappa shape index (κ3) is 4.12. The van der Waals surface area contributed by atoms with Crippen LogP contribution in [-0.2, 0) is 25.6 Å². The number of rotatable bonds is 5. The maximum absolute atomic E-state index is 12.6. The highest BCUT2D eigenvalue weighted by atomic mass is 16.7. The SMILES string of the molecule is CCC1(OC(=O)C2CCCN2C(=O)OCc2ccccc2)CCCO1. The molecule has 2 atom stereocenters. The van der Waals surface area contributed by atoms with E-state index in [0.717, 1.165) is 18.4 Å². The predicted molar refractivity (Wildman–Crippen MR) is 90.7 cm³/mol. The minimum Gasteiger partial charge on any atom is -0.445 e. The zero-order valence-electron chi connectivity index (χ0n) is 14.6. The first kappa shape index (κ1) is 17.7. The highest BCUT2D eigenvalue weighted by Gasteiger charge is 2.43. The highest BCUT2D eigenvalue weighted by Crippen LogP contribution is 2.32. The maximum Gasteiger partial charge on any atom is 0.410 e. The van der Waals surface area contributed by atoms with Gasteiger partial charge in [-0.3, -0.25) is 4.90 Å². The minimum atomic E-state index is -0.820. The second-order valence-electron chi connectivity index (χ2n) is 6.53. The van der Waals surface area contributed by atoms with Crippen molar-refractivity contribution in [3.05, 3.63) is 35.9 Å². The molecular weight excluding hydrogens is 322 g/mol. The quantitative estimate of drug-likeness (QED) is 0.765. The Kier molecular flexibility index (Phi) is 5.58. The van der Waals surface area contributed by atoms with Crippen molar-refractivity contribution in [3.63, 3.8) is 0 Å². The number of hydrogen-bond acceptors (Lipinski definition) is 5. The summed E-state index contributed by atoms with van der Waals surface area (Å²) in [5.74, 6) is -1.21. The van der Waals surface area contributed by atoms with Crippen LogP contribution in [0.25, 0.3) is 0 Å². The molecule has 6 heteroatoms. The van der Waals surface area contributed by atoms with Crippen molar-refractivity contribution in [2.45, 2.75) is 57.5 Å². The monoisotopic (exact) mass is 347 g/mol. The molecule has 0 aromatic heterocycles. The summed E-state index contributed by atoms with van der Waals surface area (Å²) in [7, 11) is 0. The largest absolute Gasteiger partial charge is 0.445 e. The molecule has 25 heavy (non-hydrogen) atoms. The number of benzene rings is 1. The average molecular weight is 347 g/mol. The summed E-state index contributed by atoms with van der Waals surface area (Å²) in [6, 6.07) is 8.90. The molecule has 2 saturated heterocycles. The van der Waals surface area contributed by atoms with E-state index in [9.17, 15) is 9.59 Å². The van der Waals surface area contributed by atoms with Crippen LogP contribution >= 0.6 is 0 Å². The second-order valence-corrected chi connectivity index (χ2v) is 6.53. The molecule has 2 unspecified atom stereocenters. The van der Waals surface area contributed by atoms with E-state index in [1.54, 1.807) is 0 Å². The molecule has 0 saturated carbocycles. The van der Waals surface area contributed by atoms with Crippen molar-refractivity contribution in [3.8, 4) is 0 Å². The van der Waals surface area contributed by atoms with Crippen molar-refractivity contribution in [2.24, 2.45) is 0 Å². The van der Waals surface area contributed by atoms with Gasteiger partial charge in [0, 0.05) is 19.4 Å². The summed E-state index contributed by atoms with van der Waals surface area (Å²) in [6.45, 7) is 3.25. The van der Waals surface area contributed by atoms with E-state index in [4.69, 9.17) is 14.2 Å². The third-order valence-electron chi connectivity index (χ3n) is 4.86. The molecule has 1 aromatic carbocycles. The lowest BCUT2D eigenvalue weighted by atomic mass is 10.1. The van der Waals surface area contributed by atoms with E-state index in [-0.39, 0.29) is 6.61 Å². The van der Waals surface area contributed by atoms with Gasteiger partial charge in [-0.1, -0.05) is 37.3 Å². The molecule has 136 valence electrons. The smallest absolute Gasteiger partial charge is 0.410 e. The molecule has 1 aromatic rings. The number of esters is 1. The third-order valence-corrected chi connectivity index (χ3v) is 4.86. The Morgan fingerprint density at radius 3 is 2.76 bits per heavy atom. The highest BCUT2D eigenvalue weighted by molar-refractivity contribution is 5.82. The topological polar surface area (TPSA) is 65.1 Å². The number of likely N-dealkylation sites (tertiary alicyclic amines) is 1. The van der Waals surface area contributed by atoms with Gasteiger partial charge in [-0.15, -0.1) is 0 Å². The summed E-state index contributed by atoms with van der Waals surface area (Å²) < 4.78 is 16.7. The first-order valence-electron chi connectivity index (χ1n) is 8.98. The molecular formula is C19H25NO5. The van der Waals surface area contributed by atoms with Gasteiger partial charge >= 0.3 is 12.1 Å². The molecule has 2 aliphatic rings. The molecule has 3 rings (SSSR count). The lowest BCUT2D eigenvalue weighted by Gasteiger charge is -2.30. The van der Waals surface area contributed by atoms with Crippen LogP contribution in [0.15, 0.2) is 30.3 Å². The van der Waals surface area contributed by atoms with Crippen molar-refractivity contribution in [1.82, 2.24) is 4.90 Å². The first-order valence-corrected chi connectivity index (χ1v) is 8.98. The molecule has 0 spiro atoms. The lowest BCUT2D eigenvalue weighted by molar-refractivity contribution is -0.218. The molecule has 0 N–H and O–H groups in total. The standard InChI is InChI=1S/C19H25NO5/c1-2-19(11-7-13-24-19)25-17(21)16-10-6-12-20(16)18(22)23-14-15-8-4-3-5-9-15/h3-5,8-9,16H,2,6-7,10-14H2,1H3. The normalized spacial score (nSPS) is 25.8. The van der Waals surface area contributed by atoms with Gasteiger partial charge < -0.3 is 14.2 Å². The Morgan fingerprint density at radius 2 is 2.08 bits per heavy atom. The predicted octanol–water partition coefficient (Wildman–Crippen LogP) is 3.25. The van der Waals surface area contributed by atoms with E-state index < -0.39 is 23.9 Å². The van der Waals surface area contributed by atoms with Crippen LogP contribution < -0.4 is 0 Å². The number of carbonyl (C=O) groups is 2. The number of amides is 1. The Balaban J connectivity index is 1.57. The van der Waals surface area contributed by atoms with Crippen LogP contribution in [0.2, 0.25) is 0 Å². The first-order chi connectivity index (χ1) is 12.1. The van der Waals surface area contributed by atoms with E-state index in [1.807, 2.05) is 37.3 Å². The van der Waals surface area contributed by atoms with Crippen molar-refractivity contribution < 1.29 is 23.8 Å². The van der Waals surface area contributed by atoms with Gasteiger partial charge in [-0.2, -0.15) is 0 Å². The molecule has 1 amide bonds. The summed E-state index contributed by atoms with van der Waals surface area (Å²) in [6.07, 6.45) is 3.10. The molecule has 0 aliphatic carbocycles. The number of carbonyl (C=O) groups excluding carboxylic acids is 2. The van der Waals surface area contributed by atoms with Gasteiger partial charge in [0.15, 0.2) is 0 Å². The van der Waals surface area contributed by atoms with Crippen molar-refractivity contribution in [2.75, 3.05) is 13.2 Å². The number of ether oxygens (including phenoxy) is 3. The van der Waals surface area contributed by atoms with E-state index in [0.29, 0.717) is 32.4 Å². The van der Waals surface area contributed by atoms with Crippen molar-refractivity contribution in [1.29, 1.82) is 0 Å². The Hall–Kier alpha value is -2.08. The zero-order chi connectivity index (χ0) is 17.7. The number of nitrogens with zero attached hydrogens (tertiary/aromatic N) is 1. The number of hydrogen-bond donors (Lipinski definition) is 0. The van der Waals surface area contributed by atoms with Gasteiger partial charge in [-0.25, -0.2) is 9.59 Å². The van der Waals surface area contributed by atoms with Gasteiger partial charge in [0.1, 0.15) is 12.6 Å². The van der Waals surface area contributed by atoms with E-state index in [2.05, 4.69) is 0 Å². The fourth-order valence-corrected chi connectivity index (χ4v) is 3.39. The van der Waals surface area contributed by atoms with Crippen LogP contribution in [0.1, 0.15) is 44.6 Å². The minimum absolute atomic E-state index is 0.194. The molecule has 6 nitrogen and oxygen atoms in total. The fourth-order valence-electron chi connectivity index (χ4n) is 3.39. The van der Waals surface area contributed by atoms with Crippen LogP contribution in [0.3, 0.4) is 0 Å². The van der Waals surface area contributed by atoms with Crippen LogP contribution in [0.5, 0.6) is 0 Å². The van der Waals surface area contributed by atoms with Crippen LogP contribution in [0, 0.1) is 0 Å². The summed E-state index contributed by atoms with van der Waals surface area (Å²) in [5.41, 5.74) is 0.915. The van der Waals surface area contributed by atoms with E-state index >= 15 is 0 Å². The molecule has 2 fully saturated rings. The summed E-state index contributed by atoms with van der Waals surface area (Å²) in [5, 5.41) is 0. The maximum atomic E-state index is 12.6. The van der Waals surface area contributed by atoms with E-state index in [1.165, 1.54) is 4.90 Å². The fraction of sp³-hybridized carbons (Fsp3) is 0.579. The van der Waals surface area contributed by atoms with Gasteiger partial charge in [0.2, 0.25) is 5.79 Å². The average Bonchev–Trinajstić information content (AvgIpc) is 3.30. The zero-order valence-corrected chi connectivity index (χ0v) is 14.6. The Bertz CT molecular complexity index is 597. The van der Waals surface area contributed by atoms with Crippen LogP contribution in [-0.4, -0.2) is 41.9 Å². The summed E-state index contributed by atoms with van der Waals surface area (Å²) in [4.78, 5) is 26.5. The molecule has 0 radical (unpaired) electrons. The molecule has 2 heterocycles. The molecule has 0 bridgehead atoms. The van der Waals surface area contributed by atoms with Gasteiger partial charge in [-0.05, 0) is 24.8 Å².